The maximum Gasteiger partial charge on any atom is 0.249 e. The Morgan fingerprint density at radius 3 is 2.65 bits per heavy atom. The van der Waals surface area contributed by atoms with Crippen molar-refractivity contribution in [1.29, 1.82) is 0 Å². The van der Waals surface area contributed by atoms with Crippen LogP contribution in [-0.4, -0.2) is 34.9 Å². The Morgan fingerprint density at radius 2 is 1.96 bits per heavy atom. The molecule has 1 fully saturated rings. The Hall–Kier alpha value is -2.37. The first-order chi connectivity index (χ1) is 11.2. The van der Waals surface area contributed by atoms with Gasteiger partial charge in [0.05, 0.1) is 12.8 Å². The zero-order valence-electron chi connectivity index (χ0n) is 13.7. The van der Waals surface area contributed by atoms with Crippen LogP contribution in [0.4, 0.5) is 17.5 Å². The molecule has 0 spiro atoms. The molecular weight excluding hydrogens is 290 g/mol. The second-order valence-corrected chi connectivity index (χ2v) is 5.89. The second kappa shape index (κ2) is 7.26. The van der Waals surface area contributed by atoms with Crippen LogP contribution in [0.5, 0.6) is 5.75 Å². The van der Waals surface area contributed by atoms with Crippen LogP contribution < -0.4 is 15.0 Å². The Labute approximate surface area is 136 Å². The van der Waals surface area contributed by atoms with Crippen LogP contribution in [0.2, 0.25) is 0 Å². The molecule has 0 unspecified atom stereocenters. The van der Waals surface area contributed by atoms with Crippen molar-refractivity contribution in [1.82, 2.24) is 15.2 Å². The van der Waals surface area contributed by atoms with Crippen molar-refractivity contribution < 1.29 is 4.74 Å². The van der Waals surface area contributed by atoms with E-state index < -0.39 is 0 Å². The molecule has 0 saturated carbocycles. The van der Waals surface area contributed by atoms with Crippen LogP contribution in [0.3, 0.4) is 0 Å². The minimum atomic E-state index is 0.519. The highest BCUT2D eigenvalue weighted by Crippen LogP contribution is 2.22. The third kappa shape index (κ3) is 4.09. The van der Waals surface area contributed by atoms with Crippen LogP contribution in [0, 0.1) is 5.92 Å². The van der Waals surface area contributed by atoms with Crippen LogP contribution in [-0.2, 0) is 0 Å². The highest BCUT2D eigenvalue weighted by Gasteiger charge is 2.17. The normalized spacial score (nSPS) is 15.5. The van der Waals surface area contributed by atoms with Gasteiger partial charge in [-0.3, -0.25) is 0 Å². The van der Waals surface area contributed by atoms with E-state index in [4.69, 9.17) is 4.74 Å². The second-order valence-electron chi connectivity index (χ2n) is 5.89. The van der Waals surface area contributed by atoms with Gasteiger partial charge in [0.2, 0.25) is 5.95 Å². The van der Waals surface area contributed by atoms with E-state index in [1.54, 1.807) is 6.20 Å². The van der Waals surface area contributed by atoms with Crippen molar-refractivity contribution in [2.45, 2.75) is 26.7 Å². The molecule has 1 N–H and O–H groups in total. The van der Waals surface area contributed by atoms with Gasteiger partial charge in [-0.15, -0.1) is 5.10 Å². The maximum atomic E-state index is 5.44. The summed E-state index contributed by atoms with van der Waals surface area (Å²) in [5.74, 6) is 3.06. The van der Waals surface area contributed by atoms with E-state index in [1.807, 2.05) is 31.2 Å². The molecule has 6 nitrogen and oxygen atoms in total. The number of anilines is 3. The van der Waals surface area contributed by atoms with Crippen LogP contribution in [0.1, 0.15) is 26.7 Å². The van der Waals surface area contributed by atoms with Crippen molar-refractivity contribution in [2.75, 3.05) is 29.9 Å². The van der Waals surface area contributed by atoms with Gasteiger partial charge in [-0.05, 0) is 49.9 Å². The third-order valence-electron chi connectivity index (χ3n) is 4.08. The maximum absolute atomic E-state index is 5.44. The predicted octanol–water partition coefficient (Wildman–Crippen LogP) is 3.25. The minimum absolute atomic E-state index is 0.519. The van der Waals surface area contributed by atoms with Crippen molar-refractivity contribution in [3.05, 3.63) is 30.5 Å². The Bertz CT molecular complexity index is 623. The Balaban J connectivity index is 1.67. The summed E-state index contributed by atoms with van der Waals surface area (Å²) in [6.07, 6.45) is 4.14. The highest BCUT2D eigenvalue weighted by molar-refractivity contribution is 5.55. The number of nitrogens with one attached hydrogen (secondary N) is 1. The minimum Gasteiger partial charge on any atom is -0.494 e. The lowest BCUT2D eigenvalue weighted by molar-refractivity contribution is 0.340. The number of ether oxygens (including phenoxy) is 1. The van der Waals surface area contributed by atoms with Crippen molar-refractivity contribution in [2.24, 2.45) is 5.92 Å². The largest absolute Gasteiger partial charge is 0.494 e. The number of benzene rings is 1. The molecule has 3 rings (SSSR count). The Kier molecular flexibility index (Phi) is 4.90. The van der Waals surface area contributed by atoms with Gasteiger partial charge in [-0.2, -0.15) is 10.1 Å². The molecule has 122 valence electrons. The SMILES string of the molecule is CCOc1ccc(Nc2nncc(N3CCC(C)CC3)n2)cc1. The van der Waals surface area contributed by atoms with E-state index in [0.29, 0.717) is 12.6 Å². The standard InChI is InChI=1S/C17H23N5O/c1-3-23-15-6-4-14(5-7-15)19-17-20-16(12-18-21-17)22-10-8-13(2)9-11-22/h4-7,12-13H,3,8-11H2,1-2H3,(H,19,20,21). The monoisotopic (exact) mass is 313 g/mol. The van der Waals surface area contributed by atoms with Gasteiger partial charge in [0.25, 0.3) is 0 Å². The molecule has 1 saturated heterocycles. The number of nitrogens with zero attached hydrogens (tertiary/aromatic N) is 4. The molecule has 2 heterocycles. The lowest BCUT2D eigenvalue weighted by Crippen LogP contribution is -2.33. The molecule has 0 atom stereocenters. The van der Waals surface area contributed by atoms with E-state index >= 15 is 0 Å². The van der Waals surface area contributed by atoms with Gasteiger partial charge in [0.1, 0.15) is 5.75 Å². The average molecular weight is 313 g/mol. The van der Waals surface area contributed by atoms with E-state index in [9.17, 15) is 0 Å². The predicted molar refractivity (Wildman–Crippen MR) is 91.3 cm³/mol. The zero-order valence-corrected chi connectivity index (χ0v) is 13.7. The van der Waals surface area contributed by atoms with Gasteiger partial charge in [0, 0.05) is 18.8 Å². The van der Waals surface area contributed by atoms with E-state index in [-0.39, 0.29) is 0 Å². The molecule has 6 heteroatoms. The van der Waals surface area contributed by atoms with Crippen LogP contribution in [0.25, 0.3) is 0 Å². The molecule has 0 aliphatic carbocycles. The molecule has 1 aromatic heterocycles. The summed E-state index contributed by atoms with van der Waals surface area (Å²) in [6.45, 7) is 6.99. The van der Waals surface area contributed by atoms with Crippen molar-refractivity contribution in [3.63, 3.8) is 0 Å². The van der Waals surface area contributed by atoms with E-state index in [1.165, 1.54) is 12.8 Å². The molecule has 0 amide bonds. The average Bonchev–Trinajstić information content (AvgIpc) is 2.58. The first-order valence-corrected chi connectivity index (χ1v) is 8.19. The third-order valence-corrected chi connectivity index (χ3v) is 4.08. The summed E-state index contributed by atoms with van der Waals surface area (Å²) in [5, 5.41) is 11.3. The quantitative estimate of drug-likeness (QED) is 0.914. The summed E-state index contributed by atoms with van der Waals surface area (Å²) < 4.78 is 5.44. The molecule has 1 aliphatic rings. The summed E-state index contributed by atoms with van der Waals surface area (Å²) in [4.78, 5) is 6.86. The van der Waals surface area contributed by atoms with E-state index in [2.05, 4.69) is 32.3 Å². The summed E-state index contributed by atoms with van der Waals surface area (Å²) in [6, 6.07) is 7.75. The zero-order chi connectivity index (χ0) is 16.1. The fourth-order valence-corrected chi connectivity index (χ4v) is 2.67. The summed E-state index contributed by atoms with van der Waals surface area (Å²) in [5.41, 5.74) is 0.916. The fourth-order valence-electron chi connectivity index (χ4n) is 2.67. The molecule has 1 aromatic carbocycles. The summed E-state index contributed by atoms with van der Waals surface area (Å²) >= 11 is 0. The van der Waals surface area contributed by atoms with Gasteiger partial charge in [-0.1, -0.05) is 6.92 Å². The van der Waals surface area contributed by atoms with Gasteiger partial charge in [-0.25, -0.2) is 0 Å². The topological polar surface area (TPSA) is 63.2 Å². The number of rotatable bonds is 5. The number of hydrogen-bond acceptors (Lipinski definition) is 6. The fraction of sp³-hybridized carbons (Fsp3) is 0.471. The molecular formula is C17H23N5O. The number of piperidine rings is 1. The molecule has 0 radical (unpaired) electrons. The lowest BCUT2D eigenvalue weighted by Gasteiger charge is -2.30. The van der Waals surface area contributed by atoms with Crippen molar-refractivity contribution >= 4 is 17.5 Å². The first-order valence-electron chi connectivity index (χ1n) is 8.19. The van der Waals surface area contributed by atoms with Crippen LogP contribution in [0.15, 0.2) is 30.5 Å². The van der Waals surface area contributed by atoms with Crippen molar-refractivity contribution in [3.8, 4) is 5.75 Å². The van der Waals surface area contributed by atoms with E-state index in [0.717, 1.165) is 36.3 Å². The molecule has 2 aromatic rings. The van der Waals surface area contributed by atoms with Gasteiger partial charge < -0.3 is 15.0 Å². The molecule has 1 aliphatic heterocycles. The van der Waals surface area contributed by atoms with Gasteiger partial charge in [0.15, 0.2) is 5.82 Å². The summed E-state index contributed by atoms with van der Waals surface area (Å²) in [7, 11) is 0. The highest BCUT2D eigenvalue weighted by atomic mass is 16.5. The number of aromatic nitrogens is 3. The molecule has 0 bridgehead atoms. The van der Waals surface area contributed by atoms with Crippen LogP contribution >= 0.6 is 0 Å². The van der Waals surface area contributed by atoms with Gasteiger partial charge >= 0.3 is 0 Å². The molecule has 23 heavy (non-hydrogen) atoms. The Morgan fingerprint density at radius 1 is 1.22 bits per heavy atom. The smallest absolute Gasteiger partial charge is 0.249 e. The first kappa shape index (κ1) is 15.5. The number of hydrogen-bond donors (Lipinski definition) is 1. The lowest BCUT2D eigenvalue weighted by atomic mass is 9.99.